The third-order valence-corrected chi connectivity index (χ3v) is 3.33. The number of carbonyl (C=O) groups excluding carboxylic acids is 1. The predicted octanol–water partition coefficient (Wildman–Crippen LogP) is 3.88. The van der Waals surface area contributed by atoms with E-state index in [1.807, 2.05) is 32.0 Å². The summed E-state index contributed by atoms with van der Waals surface area (Å²) in [6.07, 6.45) is 0. The highest BCUT2D eigenvalue weighted by atomic mass is 16.5. The van der Waals surface area contributed by atoms with Crippen LogP contribution in [0.2, 0.25) is 0 Å². The van der Waals surface area contributed by atoms with E-state index < -0.39 is 5.92 Å². The summed E-state index contributed by atoms with van der Waals surface area (Å²) in [5.41, 5.74) is 2.17. The molecule has 0 heterocycles. The van der Waals surface area contributed by atoms with Crippen molar-refractivity contribution < 1.29 is 9.53 Å². The average molecular weight is 279 g/mol. The molecule has 21 heavy (non-hydrogen) atoms. The highest BCUT2D eigenvalue weighted by Gasteiger charge is 2.22. The lowest BCUT2D eigenvalue weighted by Crippen LogP contribution is -2.12. The van der Waals surface area contributed by atoms with Gasteiger partial charge >= 0.3 is 0 Å². The van der Waals surface area contributed by atoms with Gasteiger partial charge in [0, 0.05) is 5.56 Å². The van der Waals surface area contributed by atoms with Crippen LogP contribution in [0.3, 0.4) is 0 Å². The molecule has 0 aliphatic carbocycles. The van der Waals surface area contributed by atoms with Gasteiger partial charge in [-0.05, 0) is 37.1 Å². The van der Waals surface area contributed by atoms with Crippen LogP contribution in [-0.4, -0.2) is 12.4 Å². The first-order valence-electron chi connectivity index (χ1n) is 6.89. The Hall–Kier alpha value is -2.60. The Morgan fingerprint density at radius 2 is 1.86 bits per heavy atom. The number of nitriles is 1. The van der Waals surface area contributed by atoms with Gasteiger partial charge in [-0.3, -0.25) is 4.79 Å². The largest absolute Gasteiger partial charge is 0.494 e. The lowest BCUT2D eigenvalue weighted by Gasteiger charge is -2.11. The van der Waals surface area contributed by atoms with E-state index in [4.69, 9.17) is 4.74 Å². The zero-order valence-electron chi connectivity index (χ0n) is 12.2. The van der Waals surface area contributed by atoms with Gasteiger partial charge in [-0.2, -0.15) is 5.26 Å². The van der Waals surface area contributed by atoms with Crippen LogP contribution in [0, 0.1) is 18.3 Å². The Kier molecular flexibility index (Phi) is 4.73. The van der Waals surface area contributed by atoms with E-state index in [0.717, 1.165) is 11.3 Å². The van der Waals surface area contributed by atoms with Crippen molar-refractivity contribution in [3.63, 3.8) is 0 Å². The minimum absolute atomic E-state index is 0.167. The van der Waals surface area contributed by atoms with Crippen LogP contribution in [0.1, 0.15) is 34.3 Å². The number of ketones is 1. The lowest BCUT2D eigenvalue weighted by atomic mass is 9.90. The van der Waals surface area contributed by atoms with Crippen molar-refractivity contribution in [1.29, 1.82) is 5.26 Å². The van der Waals surface area contributed by atoms with Crippen molar-refractivity contribution in [2.45, 2.75) is 19.8 Å². The summed E-state index contributed by atoms with van der Waals surface area (Å²) < 4.78 is 5.37. The fraction of sp³-hybridized carbons (Fsp3) is 0.222. The molecule has 0 N–H and O–H groups in total. The molecule has 0 amide bonds. The number of hydrogen-bond donors (Lipinski definition) is 0. The molecule has 2 aromatic carbocycles. The van der Waals surface area contributed by atoms with Gasteiger partial charge < -0.3 is 4.74 Å². The molecule has 0 saturated carbocycles. The molecule has 1 unspecified atom stereocenters. The van der Waals surface area contributed by atoms with Gasteiger partial charge in [0.15, 0.2) is 5.78 Å². The van der Waals surface area contributed by atoms with E-state index in [-0.39, 0.29) is 5.78 Å². The second-order valence-corrected chi connectivity index (χ2v) is 4.74. The summed E-state index contributed by atoms with van der Waals surface area (Å²) in [6.45, 7) is 4.37. The Morgan fingerprint density at radius 1 is 1.19 bits per heavy atom. The van der Waals surface area contributed by atoms with Crippen LogP contribution in [-0.2, 0) is 0 Å². The first-order chi connectivity index (χ1) is 10.2. The molecule has 0 aliphatic heterocycles. The molecule has 2 aromatic rings. The maximum Gasteiger partial charge on any atom is 0.184 e. The number of Topliss-reactive ketones (excluding diaryl/α,β-unsaturated/α-hetero) is 1. The van der Waals surface area contributed by atoms with E-state index in [9.17, 15) is 10.1 Å². The third-order valence-electron chi connectivity index (χ3n) is 3.33. The number of aryl methyl sites for hydroxylation is 1. The molecule has 2 rings (SSSR count). The summed E-state index contributed by atoms with van der Waals surface area (Å²) in [6, 6.07) is 16.5. The minimum atomic E-state index is -0.790. The maximum absolute atomic E-state index is 12.6. The van der Waals surface area contributed by atoms with Crippen LogP contribution in [0.15, 0.2) is 48.5 Å². The summed E-state index contributed by atoms with van der Waals surface area (Å²) >= 11 is 0. The number of carbonyl (C=O) groups is 1. The van der Waals surface area contributed by atoms with E-state index in [1.165, 1.54) is 0 Å². The van der Waals surface area contributed by atoms with Gasteiger partial charge in [-0.25, -0.2) is 0 Å². The second-order valence-electron chi connectivity index (χ2n) is 4.74. The van der Waals surface area contributed by atoms with Crippen LogP contribution in [0.5, 0.6) is 5.75 Å². The summed E-state index contributed by atoms with van der Waals surface area (Å²) in [5, 5.41) is 9.37. The Bertz CT molecular complexity index is 668. The molecule has 0 saturated heterocycles. The fourth-order valence-corrected chi connectivity index (χ4v) is 2.21. The van der Waals surface area contributed by atoms with Gasteiger partial charge in [-0.1, -0.05) is 36.4 Å². The quantitative estimate of drug-likeness (QED) is 0.780. The van der Waals surface area contributed by atoms with Gasteiger partial charge in [0.25, 0.3) is 0 Å². The third kappa shape index (κ3) is 3.29. The highest BCUT2D eigenvalue weighted by Crippen LogP contribution is 2.24. The normalized spacial score (nSPS) is 11.5. The van der Waals surface area contributed by atoms with Gasteiger partial charge in [0.1, 0.15) is 11.7 Å². The molecule has 0 fully saturated rings. The molecule has 3 heteroatoms. The minimum Gasteiger partial charge on any atom is -0.494 e. The zero-order valence-corrected chi connectivity index (χ0v) is 12.2. The highest BCUT2D eigenvalue weighted by molar-refractivity contribution is 6.03. The van der Waals surface area contributed by atoms with Crippen molar-refractivity contribution in [1.82, 2.24) is 0 Å². The molecule has 1 atom stereocenters. The van der Waals surface area contributed by atoms with Gasteiger partial charge in [0.2, 0.25) is 0 Å². The molecule has 3 nitrogen and oxygen atoms in total. The molecule has 0 radical (unpaired) electrons. The molecule has 0 spiro atoms. The topological polar surface area (TPSA) is 50.1 Å². The Morgan fingerprint density at radius 3 is 2.43 bits per heavy atom. The number of hydrogen-bond acceptors (Lipinski definition) is 3. The summed E-state index contributed by atoms with van der Waals surface area (Å²) in [4.78, 5) is 12.6. The van der Waals surface area contributed by atoms with E-state index in [1.54, 1.807) is 30.3 Å². The number of rotatable bonds is 5. The van der Waals surface area contributed by atoms with Crippen molar-refractivity contribution in [2.24, 2.45) is 0 Å². The molecular formula is C18H17NO2. The van der Waals surface area contributed by atoms with E-state index in [0.29, 0.717) is 17.7 Å². The smallest absolute Gasteiger partial charge is 0.184 e. The summed E-state index contributed by atoms with van der Waals surface area (Å²) in [5.74, 6) is -0.220. The number of ether oxygens (including phenoxy) is 1. The molecule has 0 aliphatic rings. The molecule has 106 valence electrons. The second kappa shape index (κ2) is 6.71. The first kappa shape index (κ1) is 14.8. The SMILES string of the molecule is CCOc1ccc(C(C#N)C(=O)c2ccccc2C)cc1. The van der Waals surface area contributed by atoms with Crippen LogP contribution in [0.4, 0.5) is 0 Å². The maximum atomic E-state index is 12.6. The average Bonchev–Trinajstić information content (AvgIpc) is 2.50. The monoisotopic (exact) mass is 279 g/mol. The van der Waals surface area contributed by atoms with Gasteiger partial charge in [0.05, 0.1) is 12.7 Å². The van der Waals surface area contributed by atoms with Crippen molar-refractivity contribution in [2.75, 3.05) is 6.61 Å². The summed E-state index contributed by atoms with van der Waals surface area (Å²) in [7, 11) is 0. The fourth-order valence-electron chi connectivity index (χ4n) is 2.21. The van der Waals surface area contributed by atoms with Crippen LogP contribution in [0.25, 0.3) is 0 Å². The first-order valence-corrected chi connectivity index (χ1v) is 6.89. The molecule has 0 aromatic heterocycles. The zero-order chi connectivity index (χ0) is 15.2. The van der Waals surface area contributed by atoms with E-state index >= 15 is 0 Å². The van der Waals surface area contributed by atoms with Crippen molar-refractivity contribution in [3.8, 4) is 11.8 Å². The molecule has 0 bridgehead atoms. The Labute approximate surface area is 124 Å². The van der Waals surface area contributed by atoms with Crippen LogP contribution < -0.4 is 4.74 Å². The van der Waals surface area contributed by atoms with Gasteiger partial charge in [-0.15, -0.1) is 0 Å². The van der Waals surface area contributed by atoms with E-state index in [2.05, 4.69) is 6.07 Å². The Balaban J connectivity index is 2.30. The predicted molar refractivity (Wildman–Crippen MR) is 81.5 cm³/mol. The number of benzene rings is 2. The van der Waals surface area contributed by atoms with Crippen molar-refractivity contribution in [3.05, 3.63) is 65.2 Å². The number of nitrogens with zero attached hydrogens (tertiary/aromatic N) is 1. The lowest BCUT2D eigenvalue weighted by molar-refractivity contribution is 0.0978. The van der Waals surface area contributed by atoms with Crippen molar-refractivity contribution >= 4 is 5.78 Å². The standard InChI is InChI=1S/C18H17NO2/c1-3-21-15-10-8-14(9-11-15)17(12-19)18(20)16-7-5-4-6-13(16)2/h4-11,17H,3H2,1-2H3. The molecular weight excluding hydrogens is 262 g/mol. The van der Waals surface area contributed by atoms with Crippen LogP contribution >= 0.6 is 0 Å².